The summed E-state index contributed by atoms with van der Waals surface area (Å²) in [5.41, 5.74) is 0.754. The van der Waals surface area contributed by atoms with Gasteiger partial charge in [0.2, 0.25) is 0 Å². The van der Waals surface area contributed by atoms with Crippen LogP contribution in [0.15, 0.2) is 18.2 Å². The summed E-state index contributed by atoms with van der Waals surface area (Å²) in [5.74, 6) is -0.437. The average Bonchev–Trinajstić information content (AvgIpc) is 2.72. The molecule has 1 aromatic rings. The second-order valence-corrected chi connectivity index (χ2v) is 4.51. The van der Waals surface area contributed by atoms with Gasteiger partial charge in [0.15, 0.2) is 0 Å². The predicted octanol–water partition coefficient (Wildman–Crippen LogP) is 2.19. The Morgan fingerprint density at radius 3 is 2.94 bits per heavy atom. The molecule has 1 aromatic carbocycles. The molecular formula is C13H18FNO2. The third-order valence-electron chi connectivity index (χ3n) is 3.27. The van der Waals surface area contributed by atoms with Gasteiger partial charge < -0.3 is 15.2 Å². The van der Waals surface area contributed by atoms with Crippen LogP contribution in [0.3, 0.4) is 0 Å². The minimum atomic E-state index is -0.406. The van der Waals surface area contributed by atoms with Crippen LogP contribution >= 0.6 is 0 Å². The van der Waals surface area contributed by atoms with E-state index in [1.54, 1.807) is 13.2 Å². The first-order valence-corrected chi connectivity index (χ1v) is 5.93. The Morgan fingerprint density at radius 2 is 2.24 bits per heavy atom. The van der Waals surface area contributed by atoms with E-state index in [0.29, 0.717) is 12.6 Å². The van der Waals surface area contributed by atoms with Crippen LogP contribution in [-0.4, -0.2) is 24.4 Å². The maximum Gasteiger partial charge on any atom is 0.127 e. The lowest BCUT2D eigenvalue weighted by Crippen LogP contribution is -2.36. The fourth-order valence-electron chi connectivity index (χ4n) is 2.43. The molecule has 0 heterocycles. The normalized spacial score (nSPS) is 24.1. The van der Waals surface area contributed by atoms with E-state index >= 15 is 0 Å². The van der Waals surface area contributed by atoms with Crippen molar-refractivity contribution in [1.82, 2.24) is 5.32 Å². The van der Waals surface area contributed by atoms with Gasteiger partial charge in [0.1, 0.15) is 11.6 Å². The van der Waals surface area contributed by atoms with Gasteiger partial charge >= 0.3 is 0 Å². The van der Waals surface area contributed by atoms with Gasteiger partial charge in [-0.15, -0.1) is 0 Å². The quantitative estimate of drug-likeness (QED) is 0.846. The van der Waals surface area contributed by atoms with Gasteiger partial charge in [0.25, 0.3) is 0 Å². The Hall–Kier alpha value is -1.13. The maximum absolute atomic E-state index is 13.1. The summed E-state index contributed by atoms with van der Waals surface area (Å²) in [6.07, 6.45) is 3.56. The van der Waals surface area contributed by atoms with E-state index in [1.807, 2.05) is 0 Å². The Kier molecular flexibility index (Phi) is 3.97. The third kappa shape index (κ3) is 3.17. The first kappa shape index (κ1) is 12.3. The van der Waals surface area contributed by atoms with Crippen LogP contribution < -0.4 is 5.32 Å². The van der Waals surface area contributed by atoms with Crippen LogP contribution in [0.5, 0.6) is 5.75 Å². The summed E-state index contributed by atoms with van der Waals surface area (Å²) < 4.78 is 18.4. The molecule has 4 heteroatoms. The van der Waals surface area contributed by atoms with Gasteiger partial charge in [0, 0.05) is 25.8 Å². The SMILES string of the molecule is COC1CCCC1NCc1cc(O)cc(F)c1. The summed E-state index contributed by atoms with van der Waals surface area (Å²) in [6.45, 7) is 0.551. The van der Waals surface area contributed by atoms with Crippen molar-refractivity contribution < 1.29 is 14.2 Å². The van der Waals surface area contributed by atoms with Crippen molar-refractivity contribution in [3.05, 3.63) is 29.6 Å². The Balaban J connectivity index is 1.93. The first-order valence-electron chi connectivity index (χ1n) is 5.93. The smallest absolute Gasteiger partial charge is 0.127 e. The molecule has 2 N–H and O–H groups in total. The number of halogens is 1. The number of nitrogens with one attached hydrogen (secondary N) is 1. The summed E-state index contributed by atoms with van der Waals surface area (Å²) >= 11 is 0. The third-order valence-corrected chi connectivity index (χ3v) is 3.27. The lowest BCUT2D eigenvalue weighted by atomic mass is 10.1. The van der Waals surface area contributed by atoms with Gasteiger partial charge in [-0.1, -0.05) is 0 Å². The van der Waals surface area contributed by atoms with Crippen molar-refractivity contribution in [2.75, 3.05) is 7.11 Å². The molecule has 3 nitrogen and oxygen atoms in total. The molecule has 2 rings (SSSR count). The molecule has 1 aliphatic carbocycles. The number of ether oxygens (including phenoxy) is 1. The molecule has 1 aliphatic rings. The first-order chi connectivity index (χ1) is 8.19. The molecule has 0 aromatic heterocycles. The number of aromatic hydroxyl groups is 1. The van der Waals surface area contributed by atoms with Gasteiger partial charge in [-0.25, -0.2) is 4.39 Å². The standard InChI is InChI=1S/C13H18FNO2/c1-17-13-4-2-3-12(13)15-8-9-5-10(14)7-11(16)6-9/h5-7,12-13,15-16H,2-4,8H2,1H3. The summed E-state index contributed by atoms with van der Waals surface area (Å²) in [4.78, 5) is 0. The Labute approximate surface area is 101 Å². The average molecular weight is 239 g/mol. The molecule has 0 radical (unpaired) electrons. The highest BCUT2D eigenvalue weighted by atomic mass is 19.1. The molecule has 94 valence electrons. The topological polar surface area (TPSA) is 41.5 Å². The number of methoxy groups -OCH3 is 1. The zero-order valence-electron chi connectivity index (χ0n) is 9.95. The van der Waals surface area contributed by atoms with Gasteiger partial charge in [-0.05, 0) is 37.0 Å². The molecule has 0 aliphatic heterocycles. The zero-order valence-corrected chi connectivity index (χ0v) is 9.95. The number of hydrogen-bond acceptors (Lipinski definition) is 3. The fourth-order valence-corrected chi connectivity index (χ4v) is 2.43. The summed E-state index contributed by atoms with van der Waals surface area (Å²) in [5, 5.41) is 12.6. The minimum Gasteiger partial charge on any atom is -0.508 e. The largest absolute Gasteiger partial charge is 0.508 e. The van der Waals surface area contributed by atoms with E-state index in [9.17, 15) is 9.50 Å². The Morgan fingerprint density at radius 1 is 1.41 bits per heavy atom. The number of hydrogen-bond donors (Lipinski definition) is 2. The van der Waals surface area contributed by atoms with Gasteiger partial charge in [-0.3, -0.25) is 0 Å². The van der Waals surface area contributed by atoms with Crippen molar-refractivity contribution >= 4 is 0 Å². The second kappa shape index (κ2) is 5.47. The molecule has 0 saturated heterocycles. The van der Waals surface area contributed by atoms with Crippen molar-refractivity contribution in [2.45, 2.75) is 38.0 Å². The van der Waals surface area contributed by atoms with Crippen LogP contribution in [0, 0.1) is 5.82 Å². The molecule has 2 unspecified atom stereocenters. The highest BCUT2D eigenvalue weighted by molar-refractivity contribution is 5.28. The minimum absolute atomic E-state index is 0.0310. The van der Waals surface area contributed by atoms with Crippen LogP contribution in [0.4, 0.5) is 4.39 Å². The van der Waals surface area contributed by atoms with Crippen LogP contribution in [0.1, 0.15) is 24.8 Å². The molecular weight excluding hydrogens is 221 g/mol. The maximum atomic E-state index is 13.1. The van der Waals surface area contributed by atoms with Gasteiger partial charge in [-0.2, -0.15) is 0 Å². The summed E-state index contributed by atoms with van der Waals surface area (Å²) in [6, 6.07) is 4.44. The predicted molar refractivity (Wildman–Crippen MR) is 63.3 cm³/mol. The van der Waals surface area contributed by atoms with E-state index in [4.69, 9.17) is 4.74 Å². The van der Waals surface area contributed by atoms with E-state index in [-0.39, 0.29) is 11.9 Å². The van der Waals surface area contributed by atoms with Crippen molar-refractivity contribution in [3.63, 3.8) is 0 Å². The highest BCUT2D eigenvalue weighted by Gasteiger charge is 2.26. The highest BCUT2D eigenvalue weighted by Crippen LogP contribution is 2.22. The number of phenols is 1. The van der Waals surface area contributed by atoms with E-state index in [0.717, 1.165) is 30.9 Å². The van der Waals surface area contributed by atoms with Crippen molar-refractivity contribution in [1.29, 1.82) is 0 Å². The molecule has 2 atom stereocenters. The molecule has 0 spiro atoms. The van der Waals surface area contributed by atoms with Crippen LogP contribution in [0.2, 0.25) is 0 Å². The van der Waals surface area contributed by atoms with Gasteiger partial charge in [0.05, 0.1) is 6.10 Å². The van der Waals surface area contributed by atoms with E-state index in [1.165, 1.54) is 6.07 Å². The Bertz CT molecular complexity index is 363. The second-order valence-electron chi connectivity index (χ2n) is 4.51. The van der Waals surface area contributed by atoms with E-state index in [2.05, 4.69) is 5.32 Å². The lowest BCUT2D eigenvalue weighted by molar-refractivity contribution is 0.0847. The van der Waals surface area contributed by atoms with Crippen molar-refractivity contribution in [2.24, 2.45) is 0 Å². The lowest BCUT2D eigenvalue weighted by Gasteiger charge is -2.19. The van der Waals surface area contributed by atoms with Crippen LogP contribution in [-0.2, 0) is 11.3 Å². The molecule has 0 bridgehead atoms. The zero-order chi connectivity index (χ0) is 12.3. The molecule has 1 saturated carbocycles. The molecule has 17 heavy (non-hydrogen) atoms. The number of phenolic OH excluding ortho intramolecular Hbond substituents is 1. The van der Waals surface area contributed by atoms with Crippen molar-refractivity contribution in [3.8, 4) is 5.75 Å². The summed E-state index contributed by atoms with van der Waals surface area (Å²) in [7, 11) is 1.72. The van der Waals surface area contributed by atoms with Crippen LogP contribution in [0.25, 0.3) is 0 Å². The fraction of sp³-hybridized carbons (Fsp3) is 0.538. The molecule has 0 amide bonds. The molecule has 1 fully saturated rings. The number of benzene rings is 1. The van der Waals surface area contributed by atoms with E-state index < -0.39 is 5.82 Å². The number of rotatable bonds is 4. The monoisotopic (exact) mass is 239 g/mol.